The predicted molar refractivity (Wildman–Crippen MR) is 43.1 cm³/mol. The van der Waals surface area contributed by atoms with Crippen LogP contribution in [0.3, 0.4) is 0 Å². The molecule has 2 heteroatoms. The number of carbonyl (C=O) groups is 1. The van der Waals surface area contributed by atoms with Crippen LogP contribution in [0.15, 0.2) is 0 Å². The molecule has 0 N–H and O–H groups in total. The molecule has 0 aliphatic carbocycles. The van der Waals surface area contributed by atoms with Gasteiger partial charge < -0.3 is 0 Å². The lowest BCUT2D eigenvalue weighted by molar-refractivity contribution is -0.123. The smallest absolute Gasteiger partial charge is 0.226 e. The van der Waals surface area contributed by atoms with E-state index in [0.717, 1.165) is 25.9 Å². The highest BCUT2D eigenvalue weighted by atomic mass is 16.2. The number of unbranched alkanes of at least 4 members (excludes halogenated alkanes) is 1. The van der Waals surface area contributed by atoms with Gasteiger partial charge in [-0.1, -0.05) is 13.3 Å². The van der Waals surface area contributed by atoms with E-state index in [0.29, 0.717) is 0 Å². The molecule has 0 heterocycles. The molecule has 0 atom stereocenters. The Labute approximate surface area is 63.2 Å². The molecule has 59 valence electrons. The first-order valence-electron chi connectivity index (χ1n) is 3.97. The van der Waals surface area contributed by atoms with Crippen LogP contribution in [0.1, 0.15) is 33.6 Å². The minimum Gasteiger partial charge on any atom is -0.226 e. The number of amides is 1. The second kappa shape index (κ2) is 5.42. The maximum atomic E-state index is 10.8. The van der Waals surface area contributed by atoms with Crippen LogP contribution in [0, 0.1) is 0 Å². The Morgan fingerprint density at radius 3 is 2.30 bits per heavy atom. The molecule has 0 rings (SSSR count). The van der Waals surface area contributed by atoms with E-state index in [2.05, 4.69) is 6.92 Å². The van der Waals surface area contributed by atoms with Crippen LogP contribution in [0.5, 0.6) is 0 Å². The summed E-state index contributed by atoms with van der Waals surface area (Å²) in [5.41, 5.74) is 0. The third-order valence-electron chi connectivity index (χ3n) is 1.61. The van der Waals surface area contributed by atoms with Gasteiger partial charge in [0.2, 0.25) is 0 Å². The molecule has 0 aliphatic heterocycles. The van der Waals surface area contributed by atoms with Gasteiger partial charge in [0.05, 0.1) is 6.92 Å². The van der Waals surface area contributed by atoms with Crippen molar-refractivity contribution in [2.75, 3.05) is 13.1 Å². The first-order valence-corrected chi connectivity index (χ1v) is 3.97. The summed E-state index contributed by atoms with van der Waals surface area (Å²) >= 11 is 0. The van der Waals surface area contributed by atoms with E-state index in [9.17, 15) is 4.79 Å². The van der Waals surface area contributed by atoms with Crippen molar-refractivity contribution in [3.8, 4) is 0 Å². The lowest BCUT2D eigenvalue weighted by atomic mass is 10.3. The highest BCUT2D eigenvalue weighted by molar-refractivity contribution is 5.75. The highest BCUT2D eigenvalue weighted by Crippen LogP contribution is 1.90. The molecule has 0 aromatic rings. The summed E-state index contributed by atoms with van der Waals surface area (Å²) in [5, 5.41) is 0. The fourth-order valence-electron chi connectivity index (χ4n) is 0.887. The van der Waals surface area contributed by atoms with Gasteiger partial charge in [0.1, 0.15) is 13.1 Å². The Morgan fingerprint density at radius 2 is 2.00 bits per heavy atom. The van der Waals surface area contributed by atoms with E-state index in [1.54, 1.807) is 6.92 Å². The first-order chi connectivity index (χ1) is 4.72. The summed E-state index contributed by atoms with van der Waals surface area (Å²) in [4.78, 5) is 12.7. The zero-order chi connectivity index (χ0) is 7.98. The van der Waals surface area contributed by atoms with Crippen LogP contribution in [-0.4, -0.2) is 19.0 Å². The summed E-state index contributed by atoms with van der Waals surface area (Å²) in [6.07, 6.45) is 2.28. The van der Waals surface area contributed by atoms with Crippen molar-refractivity contribution in [3.63, 3.8) is 0 Å². The molecule has 1 radical (unpaired) electrons. The van der Waals surface area contributed by atoms with Crippen LogP contribution in [0.25, 0.3) is 0 Å². The average molecular weight is 143 g/mol. The molecule has 1 amide bonds. The summed E-state index contributed by atoms with van der Waals surface area (Å²) in [5.74, 6) is 0.191. The van der Waals surface area contributed by atoms with E-state index < -0.39 is 0 Å². The Morgan fingerprint density at radius 1 is 1.40 bits per heavy atom. The van der Waals surface area contributed by atoms with Gasteiger partial charge in [-0.15, -0.1) is 4.90 Å². The largest absolute Gasteiger partial charge is 0.357 e. The number of nitrogens with zero attached hydrogens (tertiary/aromatic N) is 1. The minimum absolute atomic E-state index is 0.191. The van der Waals surface area contributed by atoms with Gasteiger partial charge in [-0.3, -0.25) is 0 Å². The van der Waals surface area contributed by atoms with Crippen molar-refractivity contribution in [1.82, 2.24) is 4.90 Å². The maximum Gasteiger partial charge on any atom is 0.357 e. The number of hydrogen-bond donors (Lipinski definition) is 0. The molecular weight excluding hydrogens is 126 g/mol. The van der Waals surface area contributed by atoms with Gasteiger partial charge in [0, 0.05) is 6.42 Å². The lowest BCUT2D eigenvalue weighted by Gasteiger charge is -2.03. The van der Waals surface area contributed by atoms with Gasteiger partial charge >= 0.3 is 5.91 Å². The molecule has 2 nitrogen and oxygen atoms in total. The van der Waals surface area contributed by atoms with Gasteiger partial charge in [-0.2, -0.15) is 0 Å². The molecule has 0 aliphatic rings. The highest BCUT2D eigenvalue weighted by Gasteiger charge is 2.16. The second-order valence-electron chi connectivity index (χ2n) is 2.45. The Balaban J connectivity index is 3.50. The van der Waals surface area contributed by atoms with E-state index >= 15 is 0 Å². The van der Waals surface area contributed by atoms with Crippen molar-refractivity contribution in [3.05, 3.63) is 0 Å². The molecule has 0 aromatic heterocycles. The molecule has 0 bridgehead atoms. The van der Waals surface area contributed by atoms with Crippen molar-refractivity contribution in [1.29, 1.82) is 0 Å². The summed E-state index contributed by atoms with van der Waals surface area (Å²) < 4.78 is 0. The SMILES string of the molecule is CCCC[N+](CC)C(C)=O. The summed E-state index contributed by atoms with van der Waals surface area (Å²) in [6.45, 7) is 7.53. The monoisotopic (exact) mass is 143 g/mol. The van der Waals surface area contributed by atoms with E-state index in [4.69, 9.17) is 0 Å². The number of carbonyl (C=O) groups excluding carboxylic acids is 1. The maximum absolute atomic E-state index is 10.8. The first kappa shape index (κ1) is 9.63. The molecule has 0 aromatic carbocycles. The molecule has 0 fully saturated rings. The van der Waals surface area contributed by atoms with Crippen LogP contribution >= 0.6 is 0 Å². The molecule has 0 spiro atoms. The van der Waals surface area contributed by atoms with E-state index in [-0.39, 0.29) is 5.91 Å². The minimum atomic E-state index is 0.191. The molecule has 0 unspecified atom stereocenters. The number of rotatable bonds is 4. The summed E-state index contributed by atoms with van der Waals surface area (Å²) in [6, 6.07) is 0. The van der Waals surface area contributed by atoms with Crippen molar-refractivity contribution in [2.24, 2.45) is 0 Å². The summed E-state index contributed by atoms with van der Waals surface area (Å²) in [7, 11) is 0. The third kappa shape index (κ3) is 3.62. The quantitative estimate of drug-likeness (QED) is 0.547. The van der Waals surface area contributed by atoms with Crippen LogP contribution in [0.2, 0.25) is 0 Å². The molecule has 0 saturated carbocycles. The average Bonchev–Trinajstić information content (AvgIpc) is 1.89. The van der Waals surface area contributed by atoms with Gasteiger partial charge in [0.25, 0.3) is 0 Å². The molecule has 0 saturated heterocycles. The second-order valence-corrected chi connectivity index (χ2v) is 2.45. The van der Waals surface area contributed by atoms with E-state index in [1.807, 2.05) is 11.8 Å². The Hall–Kier alpha value is -0.370. The Bertz CT molecular complexity index is 101. The van der Waals surface area contributed by atoms with Gasteiger partial charge in [0.15, 0.2) is 0 Å². The van der Waals surface area contributed by atoms with Crippen LogP contribution in [0.4, 0.5) is 0 Å². The van der Waals surface area contributed by atoms with Gasteiger partial charge in [-0.05, 0) is 6.92 Å². The van der Waals surface area contributed by atoms with Crippen molar-refractivity contribution in [2.45, 2.75) is 33.6 Å². The fraction of sp³-hybridized carbons (Fsp3) is 0.875. The molecule has 10 heavy (non-hydrogen) atoms. The van der Waals surface area contributed by atoms with E-state index in [1.165, 1.54) is 0 Å². The Kier molecular flexibility index (Phi) is 5.22. The standard InChI is InChI=1S/C8H17NO/c1-4-6-7-9(5-2)8(3)10/h4-7H2,1-3H3/q+1. The normalized spacial score (nSPS) is 10.4. The zero-order valence-corrected chi connectivity index (χ0v) is 7.18. The third-order valence-corrected chi connectivity index (χ3v) is 1.61. The van der Waals surface area contributed by atoms with Crippen molar-refractivity contribution < 1.29 is 4.79 Å². The predicted octanol–water partition coefficient (Wildman–Crippen LogP) is 1.49. The lowest BCUT2D eigenvalue weighted by Crippen LogP contribution is -2.35. The van der Waals surface area contributed by atoms with Crippen molar-refractivity contribution >= 4 is 5.91 Å². The van der Waals surface area contributed by atoms with Gasteiger partial charge in [-0.25, -0.2) is 4.79 Å². The van der Waals surface area contributed by atoms with Crippen LogP contribution in [-0.2, 0) is 4.79 Å². The number of hydrogen-bond acceptors (Lipinski definition) is 1. The fourth-order valence-corrected chi connectivity index (χ4v) is 0.887. The molecular formula is C8H17NO+. The zero-order valence-electron chi connectivity index (χ0n) is 7.18. The van der Waals surface area contributed by atoms with Crippen LogP contribution < -0.4 is 4.90 Å². The topological polar surface area (TPSA) is 23.0 Å².